The first kappa shape index (κ1) is 11.5. The number of nitrogens with one attached hydrogen (secondary N) is 1. The lowest BCUT2D eigenvalue weighted by Gasteiger charge is -2.28. The fraction of sp³-hybridized carbons (Fsp3) is 0.900. The number of amides is 1. The Morgan fingerprint density at radius 1 is 1.43 bits per heavy atom. The van der Waals surface area contributed by atoms with Crippen LogP contribution in [0.25, 0.3) is 0 Å². The Kier molecular flexibility index (Phi) is 4.90. The molecule has 0 radical (unpaired) electrons. The van der Waals surface area contributed by atoms with Crippen LogP contribution in [0.15, 0.2) is 0 Å². The third kappa shape index (κ3) is 3.64. The van der Waals surface area contributed by atoms with Gasteiger partial charge in [0.25, 0.3) is 0 Å². The van der Waals surface area contributed by atoms with Crippen LogP contribution in [-0.4, -0.2) is 62.0 Å². The van der Waals surface area contributed by atoms with Crippen LogP contribution in [0.2, 0.25) is 0 Å². The van der Waals surface area contributed by atoms with Gasteiger partial charge < -0.3 is 10.2 Å². The molecule has 1 saturated heterocycles. The van der Waals surface area contributed by atoms with E-state index in [-0.39, 0.29) is 5.91 Å². The smallest absolute Gasteiger partial charge is 0.236 e. The Balaban J connectivity index is 2.24. The standard InChI is InChI=1S/C10H21N3O/c1-3-6-12(2)10(14)9-13-7-4-11-5-8-13/h11H,3-9H2,1-2H3. The van der Waals surface area contributed by atoms with Crippen molar-refractivity contribution in [3.05, 3.63) is 0 Å². The Morgan fingerprint density at radius 2 is 2.07 bits per heavy atom. The first-order chi connectivity index (χ1) is 6.74. The van der Waals surface area contributed by atoms with Crippen LogP contribution in [0.1, 0.15) is 13.3 Å². The van der Waals surface area contributed by atoms with Crippen molar-refractivity contribution in [1.29, 1.82) is 0 Å². The lowest BCUT2D eigenvalue weighted by molar-refractivity contribution is -0.131. The van der Waals surface area contributed by atoms with Crippen molar-refractivity contribution in [2.75, 3.05) is 46.3 Å². The van der Waals surface area contributed by atoms with Crippen molar-refractivity contribution in [3.63, 3.8) is 0 Å². The first-order valence-electron chi connectivity index (χ1n) is 5.41. The minimum Gasteiger partial charge on any atom is -0.345 e. The van der Waals surface area contributed by atoms with Gasteiger partial charge in [-0.2, -0.15) is 0 Å². The highest BCUT2D eigenvalue weighted by atomic mass is 16.2. The third-order valence-corrected chi connectivity index (χ3v) is 2.55. The molecular formula is C10H21N3O. The Hall–Kier alpha value is -0.610. The van der Waals surface area contributed by atoms with Gasteiger partial charge in [-0.15, -0.1) is 0 Å². The average Bonchev–Trinajstić information content (AvgIpc) is 2.19. The van der Waals surface area contributed by atoms with Gasteiger partial charge in [0.1, 0.15) is 0 Å². The molecule has 1 amide bonds. The number of carbonyl (C=O) groups is 1. The van der Waals surface area contributed by atoms with E-state index in [1.165, 1.54) is 0 Å². The summed E-state index contributed by atoms with van der Waals surface area (Å²) >= 11 is 0. The van der Waals surface area contributed by atoms with Gasteiger partial charge in [-0.05, 0) is 6.42 Å². The maximum atomic E-state index is 11.7. The summed E-state index contributed by atoms with van der Waals surface area (Å²) in [7, 11) is 1.88. The van der Waals surface area contributed by atoms with Crippen molar-refractivity contribution in [3.8, 4) is 0 Å². The van der Waals surface area contributed by atoms with Gasteiger partial charge in [0, 0.05) is 39.8 Å². The summed E-state index contributed by atoms with van der Waals surface area (Å²) in [6.07, 6.45) is 1.03. The van der Waals surface area contributed by atoms with Gasteiger partial charge in [0.2, 0.25) is 5.91 Å². The van der Waals surface area contributed by atoms with E-state index in [9.17, 15) is 4.79 Å². The number of piperazine rings is 1. The molecule has 0 aromatic carbocycles. The molecule has 82 valence electrons. The quantitative estimate of drug-likeness (QED) is 0.679. The topological polar surface area (TPSA) is 35.6 Å². The Labute approximate surface area is 86.2 Å². The van der Waals surface area contributed by atoms with Crippen molar-refractivity contribution < 1.29 is 4.79 Å². The zero-order valence-corrected chi connectivity index (χ0v) is 9.25. The zero-order valence-electron chi connectivity index (χ0n) is 9.25. The van der Waals surface area contributed by atoms with E-state index < -0.39 is 0 Å². The predicted molar refractivity (Wildman–Crippen MR) is 57.2 cm³/mol. The lowest BCUT2D eigenvalue weighted by Crippen LogP contribution is -2.47. The minimum absolute atomic E-state index is 0.244. The van der Waals surface area contributed by atoms with E-state index in [2.05, 4.69) is 17.1 Å². The second-order valence-electron chi connectivity index (χ2n) is 3.84. The van der Waals surface area contributed by atoms with Crippen LogP contribution in [0.5, 0.6) is 0 Å². The molecule has 0 bridgehead atoms. The summed E-state index contributed by atoms with van der Waals surface area (Å²) < 4.78 is 0. The van der Waals surface area contributed by atoms with Crippen molar-refractivity contribution in [2.45, 2.75) is 13.3 Å². The van der Waals surface area contributed by atoms with E-state index in [0.717, 1.165) is 39.1 Å². The number of hydrogen-bond acceptors (Lipinski definition) is 3. The number of hydrogen-bond donors (Lipinski definition) is 1. The monoisotopic (exact) mass is 199 g/mol. The summed E-state index contributed by atoms with van der Waals surface area (Å²) in [5.41, 5.74) is 0. The molecule has 14 heavy (non-hydrogen) atoms. The van der Waals surface area contributed by atoms with Crippen LogP contribution >= 0.6 is 0 Å². The van der Waals surface area contributed by atoms with Crippen molar-refractivity contribution >= 4 is 5.91 Å². The molecule has 1 rings (SSSR count). The first-order valence-corrected chi connectivity index (χ1v) is 5.41. The lowest BCUT2D eigenvalue weighted by atomic mass is 10.3. The van der Waals surface area contributed by atoms with Gasteiger partial charge in [0.05, 0.1) is 6.54 Å². The normalized spacial score (nSPS) is 18.1. The van der Waals surface area contributed by atoms with Gasteiger partial charge in [-0.1, -0.05) is 6.92 Å². The number of rotatable bonds is 4. The predicted octanol–water partition coefficient (Wildman–Crippen LogP) is -0.240. The summed E-state index contributed by atoms with van der Waals surface area (Å²) in [6.45, 7) is 7.53. The molecule has 0 aromatic rings. The summed E-state index contributed by atoms with van der Waals surface area (Å²) in [6, 6.07) is 0. The van der Waals surface area contributed by atoms with Gasteiger partial charge in [-0.3, -0.25) is 9.69 Å². The highest BCUT2D eigenvalue weighted by Gasteiger charge is 2.15. The van der Waals surface area contributed by atoms with Crippen LogP contribution in [0.4, 0.5) is 0 Å². The van der Waals surface area contributed by atoms with E-state index in [4.69, 9.17) is 0 Å². The largest absolute Gasteiger partial charge is 0.345 e. The molecule has 0 aromatic heterocycles. The molecule has 4 heteroatoms. The molecule has 0 atom stereocenters. The number of likely N-dealkylation sites (N-methyl/N-ethyl adjacent to an activating group) is 1. The molecule has 1 heterocycles. The fourth-order valence-electron chi connectivity index (χ4n) is 1.64. The molecule has 1 N–H and O–H groups in total. The van der Waals surface area contributed by atoms with Gasteiger partial charge in [0.15, 0.2) is 0 Å². The van der Waals surface area contributed by atoms with Gasteiger partial charge >= 0.3 is 0 Å². The second-order valence-corrected chi connectivity index (χ2v) is 3.84. The average molecular weight is 199 g/mol. The Morgan fingerprint density at radius 3 is 2.64 bits per heavy atom. The molecular weight excluding hydrogens is 178 g/mol. The highest BCUT2D eigenvalue weighted by molar-refractivity contribution is 5.77. The van der Waals surface area contributed by atoms with Crippen LogP contribution in [0, 0.1) is 0 Å². The molecule has 0 saturated carbocycles. The fourth-order valence-corrected chi connectivity index (χ4v) is 1.64. The number of carbonyl (C=O) groups excluding carboxylic acids is 1. The van der Waals surface area contributed by atoms with E-state index in [1.54, 1.807) is 0 Å². The van der Waals surface area contributed by atoms with Crippen LogP contribution < -0.4 is 5.32 Å². The SMILES string of the molecule is CCCN(C)C(=O)CN1CCNCC1. The number of nitrogens with zero attached hydrogens (tertiary/aromatic N) is 2. The van der Waals surface area contributed by atoms with E-state index in [0.29, 0.717) is 6.54 Å². The minimum atomic E-state index is 0.244. The van der Waals surface area contributed by atoms with E-state index in [1.807, 2.05) is 11.9 Å². The molecule has 0 aliphatic carbocycles. The van der Waals surface area contributed by atoms with E-state index >= 15 is 0 Å². The summed E-state index contributed by atoms with van der Waals surface area (Å²) in [5.74, 6) is 0.244. The van der Waals surface area contributed by atoms with Crippen LogP contribution in [0.3, 0.4) is 0 Å². The maximum Gasteiger partial charge on any atom is 0.236 e. The Bertz CT molecular complexity index is 178. The van der Waals surface area contributed by atoms with Gasteiger partial charge in [-0.25, -0.2) is 0 Å². The summed E-state index contributed by atoms with van der Waals surface area (Å²) in [4.78, 5) is 15.7. The molecule has 1 fully saturated rings. The van der Waals surface area contributed by atoms with Crippen molar-refractivity contribution in [1.82, 2.24) is 15.1 Å². The molecule has 0 unspecified atom stereocenters. The molecule has 1 aliphatic rings. The third-order valence-electron chi connectivity index (χ3n) is 2.55. The molecule has 4 nitrogen and oxygen atoms in total. The maximum absolute atomic E-state index is 11.7. The van der Waals surface area contributed by atoms with Crippen LogP contribution in [-0.2, 0) is 4.79 Å². The molecule has 0 spiro atoms. The second kappa shape index (κ2) is 5.98. The molecule has 1 aliphatic heterocycles. The zero-order chi connectivity index (χ0) is 10.4. The summed E-state index contributed by atoms with van der Waals surface area (Å²) in [5, 5.41) is 3.28. The highest BCUT2D eigenvalue weighted by Crippen LogP contribution is 1.95. The van der Waals surface area contributed by atoms with Crippen molar-refractivity contribution in [2.24, 2.45) is 0 Å².